The van der Waals surface area contributed by atoms with Crippen molar-refractivity contribution in [2.75, 3.05) is 7.11 Å². The van der Waals surface area contributed by atoms with Gasteiger partial charge in [-0.05, 0) is 22.5 Å². The molecule has 0 saturated carbocycles. The normalized spacial score (nSPS) is 11.8. The van der Waals surface area contributed by atoms with E-state index < -0.39 is 0 Å². The minimum atomic E-state index is 0.0491. The number of halogens is 1. The van der Waals surface area contributed by atoms with Crippen molar-refractivity contribution < 1.29 is 9.84 Å². The Balaban J connectivity index is 2.44. The highest BCUT2D eigenvalue weighted by molar-refractivity contribution is 7.66. The average molecular weight is 275 g/mol. The summed E-state index contributed by atoms with van der Waals surface area (Å²) >= 11 is 5.82. The minimum absolute atomic E-state index is 0.0491. The predicted molar refractivity (Wildman–Crippen MR) is 64.9 cm³/mol. The summed E-state index contributed by atoms with van der Waals surface area (Å²) in [7, 11) is 4.15. The Labute approximate surface area is 104 Å². The van der Waals surface area contributed by atoms with Crippen LogP contribution in [0, 0.1) is 0 Å². The van der Waals surface area contributed by atoms with Gasteiger partial charge in [0.25, 0.3) is 0 Å². The monoisotopic (exact) mass is 274 g/mol. The number of aromatic hydroxyl groups is 1. The molecule has 0 saturated heterocycles. The highest BCUT2D eigenvalue weighted by Crippen LogP contribution is 2.29. The number of rotatable bonds is 2. The Bertz CT molecular complexity index is 565. The number of benzene rings is 1. The number of hydrogen-bond donors (Lipinski definition) is 1. The summed E-state index contributed by atoms with van der Waals surface area (Å²) in [5.74, 6) is 0.463. The highest BCUT2D eigenvalue weighted by Gasteiger charge is 2.02. The van der Waals surface area contributed by atoms with Gasteiger partial charge in [0, 0.05) is 16.6 Å². The first-order valence-corrected chi connectivity index (χ1v) is 6.72. The Morgan fingerprint density at radius 2 is 2.31 bits per heavy atom. The van der Waals surface area contributed by atoms with Gasteiger partial charge in [0.05, 0.1) is 12.8 Å². The quantitative estimate of drug-likeness (QED) is 0.857. The Morgan fingerprint density at radius 3 is 2.88 bits per heavy atom. The molecule has 0 unspecified atom stereocenters. The predicted octanol–water partition coefficient (Wildman–Crippen LogP) is 2.80. The number of ether oxygens (including phenoxy) is 1. The lowest BCUT2D eigenvalue weighted by atomic mass is 10.3. The van der Waals surface area contributed by atoms with Crippen LogP contribution in [0.15, 0.2) is 23.2 Å². The van der Waals surface area contributed by atoms with E-state index in [9.17, 15) is 5.11 Å². The molecular formula is C9H7ClN2O2S2. The van der Waals surface area contributed by atoms with E-state index in [2.05, 4.69) is 9.37 Å². The van der Waals surface area contributed by atoms with Gasteiger partial charge in [0.15, 0.2) is 21.3 Å². The molecule has 0 aliphatic heterocycles. The third kappa shape index (κ3) is 2.34. The van der Waals surface area contributed by atoms with Crippen molar-refractivity contribution in [1.82, 2.24) is 4.37 Å². The smallest absolute Gasteiger partial charge is 0.179 e. The molecule has 0 fully saturated rings. The van der Waals surface area contributed by atoms with E-state index in [-0.39, 0.29) is 5.75 Å². The van der Waals surface area contributed by atoms with Crippen molar-refractivity contribution in [2.24, 2.45) is 4.99 Å². The second-order valence-corrected chi connectivity index (χ2v) is 5.00. The zero-order valence-electron chi connectivity index (χ0n) is 8.18. The summed E-state index contributed by atoms with van der Waals surface area (Å²) < 4.78 is 9.48. The van der Waals surface area contributed by atoms with E-state index in [0.717, 1.165) is 0 Å². The third-order valence-corrected chi connectivity index (χ3v) is 3.97. The van der Waals surface area contributed by atoms with E-state index in [4.69, 9.17) is 16.3 Å². The SMILES string of the molecule is COc1ccc(N=c2ssnc2Cl)cc1O. The summed E-state index contributed by atoms with van der Waals surface area (Å²) in [5.41, 5.74) is 0.608. The number of aromatic nitrogens is 1. The molecule has 7 heteroatoms. The van der Waals surface area contributed by atoms with Gasteiger partial charge in [-0.1, -0.05) is 11.6 Å². The van der Waals surface area contributed by atoms with Crippen molar-refractivity contribution in [2.45, 2.75) is 0 Å². The summed E-state index contributed by atoms with van der Waals surface area (Å²) in [6.07, 6.45) is 0. The van der Waals surface area contributed by atoms with Crippen LogP contribution < -0.4 is 9.41 Å². The van der Waals surface area contributed by atoms with Crippen molar-refractivity contribution in [3.05, 3.63) is 28.0 Å². The molecule has 0 bridgehead atoms. The van der Waals surface area contributed by atoms with Crippen LogP contribution in [0.1, 0.15) is 0 Å². The molecule has 1 aromatic heterocycles. The van der Waals surface area contributed by atoms with Crippen LogP contribution in [0.4, 0.5) is 5.69 Å². The van der Waals surface area contributed by atoms with Crippen molar-refractivity contribution in [3.63, 3.8) is 0 Å². The Morgan fingerprint density at radius 1 is 1.50 bits per heavy atom. The molecule has 2 rings (SSSR count). The van der Waals surface area contributed by atoms with E-state index in [1.807, 2.05) is 0 Å². The number of phenolic OH excluding ortho intramolecular Hbond substituents is 1. The van der Waals surface area contributed by atoms with Gasteiger partial charge in [-0.2, -0.15) is 4.37 Å². The topological polar surface area (TPSA) is 54.7 Å². The van der Waals surface area contributed by atoms with Gasteiger partial charge < -0.3 is 9.84 Å². The fourth-order valence-electron chi connectivity index (χ4n) is 1.09. The zero-order valence-corrected chi connectivity index (χ0v) is 10.6. The first-order valence-electron chi connectivity index (χ1n) is 4.24. The summed E-state index contributed by atoms with van der Waals surface area (Å²) in [5, 5.41) is 9.94. The zero-order chi connectivity index (χ0) is 11.5. The molecule has 0 radical (unpaired) electrons. The lowest BCUT2D eigenvalue weighted by Crippen LogP contribution is -1.92. The number of hydrogen-bond acceptors (Lipinski definition) is 6. The van der Waals surface area contributed by atoms with Gasteiger partial charge in [-0.25, -0.2) is 4.99 Å². The fraction of sp³-hybridized carbons (Fsp3) is 0.111. The molecule has 2 aromatic rings. The van der Waals surface area contributed by atoms with Gasteiger partial charge in [-0.3, -0.25) is 0 Å². The van der Waals surface area contributed by atoms with Crippen molar-refractivity contribution in [3.8, 4) is 11.5 Å². The maximum absolute atomic E-state index is 9.56. The number of nitrogens with zero attached hydrogens (tertiary/aromatic N) is 2. The summed E-state index contributed by atoms with van der Waals surface area (Å²) in [6.45, 7) is 0. The van der Waals surface area contributed by atoms with Crippen molar-refractivity contribution in [1.29, 1.82) is 0 Å². The van der Waals surface area contributed by atoms with Crippen LogP contribution in [0.5, 0.6) is 11.5 Å². The highest BCUT2D eigenvalue weighted by atomic mass is 35.5. The molecule has 1 aromatic carbocycles. The molecule has 0 aliphatic carbocycles. The summed E-state index contributed by atoms with van der Waals surface area (Å²) in [4.78, 5) is 4.26. The van der Waals surface area contributed by atoms with E-state index in [1.165, 1.54) is 34.1 Å². The first-order chi connectivity index (χ1) is 7.70. The van der Waals surface area contributed by atoms with Crippen LogP contribution in [0.3, 0.4) is 0 Å². The molecule has 0 amide bonds. The largest absolute Gasteiger partial charge is 0.504 e. The maximum Gasteiger partial charge on any atom is 0.179 e. The summed E-state index contributed by atoms with van der Waals surface area (Å²) in [6, 6.07) is 4.89. The molecule has 0 atom stereocenters. The molecule has 84 valence electrons. The van der Waals surface area contributed by atoms with Gasteiger partial charge in [-0.15, -0.1) is 0 Å². The van der Waals surface area contributed by atoms with Gasteiger partial charge >= 0.3 is 0 Å². The lowest BCUT2D eigenvalue weighted by molar-refractivity contribution is 0.373. The van der Waals surface area contributed by atoms with Gasteiger partial charge in [0.1, 0.15) is 0 Å². The molecule has 0 spiro atoms. The van der Waals surface area contributed by atoms with E-state index in [1.54, 1.807) is 12.1 Å². The molecule has 0 aliphatic rings. The van der Waals surface area contributed by atoms with Crippen molar-refractivity contribution >= 4 is 38.2 Å². The Kier molecular flexibility index (Phi) is 3.42. The van der Waals surface area contributed by atoms with Crippen LogP contribution >= 0.6 is 32.5 Å². The van der Waals surface area contributed by atoms with E-state index in [0.29, 0.717) is 21.3 Å². The molecule has 16 heavy (non-hydrogen) atoms. The van der Waals surface area contributed by atoms with Crippen LogP contribution in [-0.2, 0) is 0 Å². The fourth-order valence-corrected chi connectivity index (χ4v) is 3.08. The Hall–Kier alpha value is -1.11. The standard InChI is InChI=1S/C9H7ClN2O2S2/c1-14-7-3-2-5(4-6(7)13)11-9-8(10)12-16-15-9/h2-4,13H,1H3. The number of methoxy groups -OCH3 is 1. The molecular weight excluding hydrogens is 268 g/mol. The minimum Gasteiger partial charge on any atom is -0.504 e. The molecule has 4 nitrogen and oxygen atoms in total. The van der Waals surface area contributed by atoms with Crippen LogP contribution in [0.25, 0.3) is 0 Å². The second kappa shape index (κ2) is 4.82. The van der Waals surface area contributed by atoms with Crippen LogP contribution in [-0.4, -0.2) is 16.6 Å². The first kappa shape index (κ1) is 11.4. The van der Waals surface area contributed by atoms with Crippen LogP contribution in [0.2, 0.25) is 5.15 Å². The molecule has 1 heterocycles. The second-order valence-electron chi connectivity index (χ2n) is 2.81. The third-order valence-electron chi connectivity index (χ3n) is 1.80. The maximum atomic E-state index is 9.56. The van der Waals surface area contributed by atoms with E-state index >= 15 is 0 Å². The lowest BCUT2D eigenvalue weighted by Gasteiger charge is -2.02. The average Bonchev–Trinajstić information content (AvgIpc) is 2.65. The molecule has 1 N–H and O–H groups in total. The number of phenols is 1. The van der Waals surface area contributed by atoms with Gasteiger partial charge in [0.2, 0.25) is 0 Å².